The van der Waals surface area contributed by atoms with Gasteiger partial charge < -0.3 is 15.6 Å². The number of nitrogens with two attached hydrogens (primary N) is 1. The first-order chi connectivity index (χ1) is 7.13. The van der Waals surface area contributed by atoms with Gasteiger partial charge in [0, 0.05) is 32.4 Å². The summed E-state index contributed by atoms with van der Waals surface area (Å²) in [4.78, 5) is 11.4. The number of carbonyl (C=O) groups is 1. The molecule has 0 spiro atoms. The molecule has 1 unspecified atom stereocenters. The second-order valence-electron chi connectivity index (χ2n) is 3.42. The SMILES string of the molecule is C#CCC(N)C(=O)NCc1ccn(C)c1. The maximum absolute atomic E-state index is 11.4. The van der Waals surface area contributed by atoms with Gasteiger partial charge in [-0.2, -0.15) is 0 Å². The van der Waals surface area contributed by atoms with Gasteiger partial charge in [-0.1, -0.05) is 0 Å². The summed E-state index contributed by atoms with van der Waals surface area (Å²) in [5.41, 5.74) is 6.58. The summed E-state index contributed by atoms with van der Waals surface area (Å²) >= 11 is 0. The molecular formula is C11H15N3O. The first-order valence-electron chi connectivity index (χ1n) is 4.71. The van der Waals surface area contributed by atoms with Crippen LogP contribution >= 0.6 is 0 Å². The van der Waals surface area contributed by atoms with Crippen LogP contribution in [0.4, 0.5) is 0 Å². The number of terminal acetylenes is 1. The van der Waals surface area contributed by atoms with Crippen LogP contribution in [0.15, 0.2) is 18.5 Å². The number of hydrogen-bond acceptors (Lipinski definition) is 2. The van der Waals surface area contributed by atoms with E-state index in [1.165, 1.54) is 0 Å². The number of carbonyl (C=O) groups excluding carboxylic acids is 1. The molecule has 4 heteroatoms. The van der Waals surface area contributed by atoms with E-state index in [9.17, 15) is 4.79 Å². The number of aryl methyl sites for hydroxylation is 1. The molecule has 0 aliphatic carbocycles. The molecule has 1 atom stereocenters. The number of rotatable bonds is 4. The highest BCUT2D eigenvalue weighted by atomic mass is 16.2. The van der Waals surface area contributed by atoms with Crippen molar-refractivity contribution in [2.24, 2.45) is 12.8 Å². The summed E-state index contributed by atoms with van der Waals surface area (Å²) in [6.45, 7) is 0.484. The third-order valence-corrected chi connectivity index (χ3v) is 2.03. The van der Waals surface area contributed by atoms with Crippen LogP contribution in [0.2, 0.25) is 0 Å². The predicted octanol–water partition coefficient (Wildman–Crippen LogP) is -0.00810. The fourth-order valence-corrected chi connectivity index (χ4v) is 1.21. The van der Waals surface area contributed by atoms with E-state index in [1.807, 2.05) is 30.1 Å². The van der Waals surface area contributed by atoms with E-state index in [1.54, 1.807) is 0 Å². The van der Waals surface area contributed by atoms with Gasteiger partial charge in [0.15, 0.2) is 0 Å². The minimum absolute atomic E-state index is 0.211. The molecule has 1 rings (SSSR count). The molecule has 0 aliphatic heterocycles. The Morgan fingerprint density at radius 2 is 2.53 bits per heavy atom. The van der Waals surface area contributed by atoms with Gasteiger partial charge in [0.25, 0.3) is 0 Å². The first-order valence-corrected chi connectivity index (χ1v) is 4.71. The van der Waals surface area contributed by atoms with Crippen LogP contribution in [0, 0.1) is 12.3 Å². The maximum Gasteiger partial charge on any atom is 0.238 e. The molecule has 0 aromatic carbocycles. The lowest BCUT2D eigenvalue weighted by Crippen LogP contribution is -2.39. The molecule has 4 nitrogen and oxygen atoms in total. The van der Waals surface area contributed by atoms with E-state index >= 15 is 0 Å². The van der Waals surface area contributed by atoms with Gasteiger partial charge in [-0.15, -0.1) is 12.3 Å². The Labute approximate surface area is 89.5 Å². The van der Waals surface area contributed by atoms with Crippen molar-refractivity contribution in [2.45, 2.75) is 19.0 Å². The summed E-state index contributed by atoms with van der Waals surface area (Å²) in [5.74, 6) is 2.15. The topological polar surface area (TPSA) is 60.1 Å². The number of nitrogens with one attached hydrogen (secondary N) is 1. The van der Waals surface area contributed by atoms with Gasteiger partial charge in [-0.3, -0.25) is 4.79 Å². The lowest BCUT2D eigenvalue weighted by Gasteiger charge is -2.08. The van der Waals surface area contributed by atoms with Crippen LogP contribution in [0.25, 0.3) is 0 Å². The average Bonchev–Trinajstić information content (AvgIpc) is 2.61. The van der Waals surface area contributed by atoms with Crippen molar-refractivity contribution in [3.05, 3.63) is 24.0 Å². The van der Waals surface area contributed by atoms with Gasteiger partial charge in [-0.05, 0) is 11.6 Å². The molecule has 1 amide bonds. The fraction of sp³-hybridized carbons (Fsp3) is 0.364. The Hall–Kier alpha value is -1.73. The Kier molecular flexibility index (Phi) is 3.95. The van der Waals surface area contributed by atoms with Crippen molar-refractivity contribution in [3.8, 4) is 12.3 Å². The molecule has 1 heterocycles. The molecule has 0 bridgehead atoms. The Bertz CT molecular complexity index is 375. The maximum atomic E-state index is 11.4. The van der Waals surface area contributed by atoms with E-state index in [0.29, 0.717) is 6.54 Å². The van der Waals surface area contributed by atoms with Crippen LogP contribution in [-0.2, 0) is 18.4 Å². The molecule has 15 heavy (non-hydrogen) atoms. The highest BCUT2D eigenvalue weighted by Gasteiger charge is 2.11. The Morgan fingerprint density at radius 1 is 1.80 bits per heavy atom. The standard InChI is InChI=1S/C11H15N3O/c1-3-4-10(12)11(15)13-7-9-5-6-14(2)8-9/h1,5-6,8,10H,4,7,12H2,2H3,(H,13,15). The highest BCUT2D eigenvalue weighted by Crippen LogP contribution is 1.98. The lowest BCUT2D eigenvalue weighted by molar-refractivity contribution is -0.122. The Balaban J connectivity index is 2.38. The van der Waals surface area contributed by atoms with Crippen molar-refractivity contribution in [3.63, 3.8) is 0 Å². The molecule has 0 fully saturated rings. The van der Waals surface area contributed by atoms with Crippen LogP contribution in [-0.4, -0.2) is 16.5 Å². The van der Waals surface area contributed by atoms with Gasteiger partial charge in [0.1, 0.15) is 0 Å². The molecule has 0 saturated heterocycles. The van der Waals surface area contributed by atoms with Gasteiger partial charge in [0.05, 0.1) is 6.04 Å². The largest absolute Gasteiger partial charge is 0.357 e. The van der Waals surface area contributed by atoms with Crippen LogP contribution < -0.4 is 11.1 Å². The summed E-state index contributed by atoms with van der Waals surface area (Å²) in [6.07, 6.45) is 9.19. The number of aromatic nitrogens is 1. The molecule has 1 aromatic rings. The first kappa shape index (κ1) is 11.3. The molecule has 1 aromatic heterocycles. The van der Waals surface area contributed by atoms with Crippen molar-refractivity contribution >= 4 is 5.91 Å². The smallest absolute Gasteiger partial charge is 0.238 e. The normalized spacial score (nSPS) is 11.8. The lowest BCUT2D eigenvalue weighted by atomic mass is 10.2. The van der Waals surface area contributed by atoms with E-state index in [2.05, 4.69) is 11.2 Å². The number of nitrogens with zero attached hydrogens (tertiary/aromatic N) is 1. The zero-order valence-electron chi connectivity index (χ0n) is 8.73. The van der Waals surface area contributed by atoms with E-state index < -0.39 is 6.04 Å². The van der Waals surface area contributed by atoms with Gasteiger partial charge in [0.2, 0.25) is 5.91 Å². The van der Waals surface area contributed by atoms with Gasteiger partial charge in [-0.25, -0.2) is 0 Å². The summed E-state index contributed by atoms with van der Waals surface area (Å²) in [6, 6.07) is 1.33. The quantitative estimate of drug-likeness (QED) is 0.679. The summed E-state index contributed by atoms with van der Waals surface area (Å²) in [7, 11) is 1.93. The van der Waals surface area contributed by atoms with E-state index in [-0.39, 0.29) is 12.3 Å². The number of hydrogen-bond donors (Lipinski definition) is 2. The molecule has 0 aliphatic rings. The second kappa shape index (κ2) is 5.23. The van der Waals surface area contributed by atoms with Crippen molar-refractivity contribution in [1.82, 2.24) is 9.88 Å². The monoisotopic (exact) mass is 205 g/mol. The minimum atomic E-state index is -0.612. The number of amides is 1. The average molecular weight is 205 g/mol. The zero-order valence-corrected chi connectivity index (χ0v) is 8.73. The molecule has 80 valence electrons. The van der Waals surface area contributed by atoms with Crippen molar-refractivity contribution in [2.75, 3.05) is 0 Å². The van der Waals surface area contributed by atoms with Crippen molar-refractivity contribution in [1.29, 1.82) is 0 Å². The van der Waals surface area contributed by atoms with Crippen LogP contribution in [0.5, 0.6) is 0 Å². The summed E-state index contributed by atoms with van der Waals surface area (Å²) < 4.78 is 1.92. The third-order valence-electron chi connectivity index (χ3n) is 2.03. The predicted molar refractivity (Wildman–Crippen MR) is 58.7 cm³/mol. The van der Waals surface area contributed by atoms with E-state index in [0.717, 1.165) is 5.56 Å². The molecular weight excluding hydrogens is 190 g/mol. The summed E-state index contributed by atoms with van der Waals surface area (Å²) in [5, 5.41) is 2.72. The minimum Gasteiger partial charge on any atom is -0.357 e. The Morgan fingerprint density at radius 3 is 3.07 bits per heavy atom. The third kappa shape index (κ3) is 3.49. The molecule has 0 radical (unpaired) electrons. The molecule has 0 saturated carbocycles. The van der Waals surface area contributed by atoms with Crippen LogP contribution in [0.1, 0.15) is 12.0 Å². The van der Waals surface area contributed by atoms with Crippen molar-refractivity contribution < 1.29 is 4.79 Å². The second-order valence-corrected chi connectivity index (χ2v) is 3.42. The van der Waals surface area contributed by atoms with E-state index in [4.69, 9.17) is 12.2 Å². The van der Waals surface area contributed by atoms with Gasteiger partial charge >= 0.3 is 0 Å². The fourth-order valence-electron chi connectivity index (χ4n) is 1.21. The molecule has 3 N–H and O–H groups in total. The van der Waals surface area contributed by atoms with Crippen LogP contribution in [0.3, 0.4) is 0 Å². The highest BCUT2D eigenvalue weighted by molar-refractivity contribution is 5.81. The zero-order chi connectivity index (χ0) is 11.3.